The lowest BCUT2D eigenvalue weighted by Gasteiger charge is -2.26. The Morgan fingerprint density at radius 3 is 2.73 bits per heavy atom. The maximum absolute atomic E-state index is 13.5. The summed E-state index contributed by atoms with van der Waals surface area (Å²) in [4.78, 5) is 19.5. The van der Waals surface area contributed by atoms with E-state index in [9.17, 15) is 9.18 Å². The molecular weight excluding hydrogens is 383 g/mol. The summed E-state index contributed by atoms with van der Waals surface area (Å²) in [5.74, 6) is -0.423. The van der Waals surface area contributed by atoms with Crippen LogP contribution in [0.15, 0.2) is 47.6 Å². The second-order valence-corrected chi connectivity index (χ2v) is 7.65. The lowest BCUT2D eigenvalue weighted by atomic mass is 10.1. The second-order valence-electron chi connectivity index (χ2n) is 7.65. The van der Waals surface area contributed by atoms with Crippen molar-refractivity contribution in [1.29, 1.82) is 0 Å². The number of oxime groups is 1. The molecule has 0 unspecified atom stereocenters. The van der Waals surface area contributed by atoms with Crippen molar-refractivity contribution in [2.45, 2.75) is 39.3 Å². The summed E-state index contributed by atoms with van der Waals surface area (Å²) in [5.41, 5.74) is 9.21. The molecule has 0 spiro atoms. The number of likely N-dealkylation sites (tertiary alicyclic amines) is 1. The van der Waals surface area contributed by atoms with Crippen molar-refractivity contribution in [3.05, 3.63) is 70.5 Å². The lowest BCUT2D eigenvalue weighted by Crippen LogP contribution is -2.29. The van der Waals surface area contributed by atoms with Gasteiger partial charge in [-0.25, -0.2) is 4.39 Å². The quantitative estimate of drug-likeness (QED) is 0.397. The monoisotopic (exact) mass is 412 g/mol. The molecule has 7 heteroatoms. The number of amides is 1. The Morgan fingerprint density at radius 2 is 1.97 bits per heavy atom. The Kier molecular flexibility index (Phi) is 7.79. The van der Waals surface area contributed by atoms with Gasteiger partial charge >= 0.3 is 0 Å². The fourth-order valence-electron chi connectivity index (χ4n) is 3.42. The Labute approximate surface area is 176 Å². The summed E-state index contributed by atoms with van der Waals surface area (Å²) < 4.78 is 13.5. The molecule has 160 valence electrons. The number of piperidine rings is 1. The maximum Gasteiger partial charge on any atom is 0.261 e. The van der Waals surface area contributed by atoms with E-state index in [2.05, 4.69) is 21.4 Å². The largest absolute Gasteiger partial charge is 0.384 e. The number of hydrogen-bond acceptors (Lipinski definition) is 4. The van der Waals surface area contributed by atoms with Gasteiger partial charge in [-0.1, -0.05) is 41.9 Å². The number of nitrogens with two attached hydrogens (primary N) is 1. The van der Waals surface area contributed by atoms with E-state index in [4.69, 9.17) is 10.6 Å². The molecule has 0 atom stereocenters. The van der Waals surface area contributed by atoms with Crippen molar-refractivity contribution in [2.24, 2.45) is 10.9 Å². The average Bonchev–Trinajstić information content (AvgIpc) is 2.75. The zero-order valence-corrected chi connectivity index (χ0v) is 17.4. The zero-order valence-electron chi connectivity index (χ0n) is 17.4. The van der Waals surface area contributed by atoms with Gasteiger partial charge in [0.25, 0.3) is 5.91 Å². The molecule has 1 heterocycles. The average molecular weight is 413 g/mol. The van der Waals surface area contributed by atoms with E-state index in [0.29, 0.717) is 11.1 Å². The normalized spacial score (nSPS) is 15.1. The molecular formula is C23H29FN4O2. The number of nitrogens with one attached hydrogen (secondary N) is 1. The minimum Gasteiger partial charge on any atom is -0.384 e. The van der Waals surface area contributed by atoms with Gasteiger partial charge < -0.3 is 15.9 Å². The number of carbonyl (C=O) groups is 1. The van der Waals surface area contributed by atoms with Crippen LogP contribution < -0.4 is 11.1 Å². The topological polar surface area (TPSA) is 79.9 Å². The molecule has 3 rings (SSSR count). The molecule has 1 saturated heterocycles. The van der Waals surface area contributed by atoms with E-state index >= 15 is 0 Å². The van der Waals surface area contributed by atoms with E-state index in [0.717, 1.165) is 25.2 Å². The Hall–Kier alpha value is -2.93. The van der Waals surface area contributed by atoms with Gasteiger partial charge in [0.15, 0.2) is 12.4 Å². The van der Waals surface area contributed by atoms with Gasteiger partial charge in [-0.2, -0.15) is 0 Å². The van der Waals surface area contributed by atoms with Gasteiger partial charge in [-0.05, 0) is 61.7 Å². The van der Waals surface area contributed by atoms with Crippen LogP contribution in [0.25, 0.3) is 0 Å². The standard InChI is InChI=1S/C23H29FN4O2/c1-17-8-9-18(13-21(17)24)14-26-22(29)16-30-27-23(25)20-7-5-6-19(12-20)15-28-10-3-2-4-11-28/h5-9,12-13H,2-4,10-11,14-16H2,1H3,(H2,25,27)(H,26,29). The molecule has 0 bridgehead atoms. The Morgan fingerprint density at radius 1 is 1.17 bits per heavy atom. The van der Waals surface area contributed by atoms with E-state index in [1.807, 2.05) is 18.2 Å². The molecule has 0 aromatic heterocycles. The van der Waals surface area contributed by atoms with Gasteiger partial charge in [0.2, 0.25) is 0 Å². The third-order valence-corrected chi connectivity index (χ3v) is 5.16. The number of benzene rings is 2. The van der Waals surface area contributed by atoms with Crippen molar-refractivity contribution in [1.82, 2.24) is 10.2 Å². The summed E-state index contributed by atoms with van der Waals surface area (Å²) >= 11 is 0. The predicted octanol–water partition coefficient (Wildman–Crippen LogP) is 3.07. The van der Waals surface area contributed by atoms with E-state index in [1.165, 1.54) is 30.9 Å². The van der Waals surface area contributed by atoms with Gasteiger partial charge in [-0.3, -0.25) is 9.69 Å². The van der Waals surface area contributed by atoms with Gasteiger partial charge in [0.1, 0.15) is 5.82 Å². The van der Waals surface area contributed by atoms with Crippen molar-refractivity contribution in [2.75, 3.05) is 19.7 Å². The fourth-order valence-corrected chi connectivity index (χ4v) is 3.42. The van der Waals surface area contributed by atoms with E-state index in [-0.39, 0.29) is 30.7 Å². The summed E-state index contributed by atoms with van der Waals surface area (Å²) in [7, 11) is 0. The van der Waals surface area contributed by atoms with Gasteiger partial charge in [0, 0.05) is 18.7 Å². The maximum atomic E-state index is 13.5. The van der Waals surface area contributed by atoms with Crippen LogP contribution in [0.2, 0.25) is 0 Å². The van der Waals surface area contributed by atoms with E-state index < -0.39 is 0 Å². The number of rotatable bonds is 8. The fraction of sp³-hybridized carbons (Fsp3) is 0.391. The highest BCUT2D eigenvalue weighted by atomic mass is 19.1. The highest BCUT2D eigenvalue weighted by Gasteiger charge is 2.11. The van der Waals surface area contributed by atoms with Gasteiger partial charge in [-0.15, -0.1) is 0 Å². The smallest absolute Gasteiger partial charge is 0.261 e. The molecule has 1 fully saturated rings. The third kappa shape index (κ3) is 6.56. The van der Waals surface area contributed by atoms with Crippen molar-refractivity contribution >= 4 is 11.7 Å². The van der Waals surface area contributed by atoms with E-state index in [1.54, 1.807) is 19.1 Å². The highest BCUT2D eigenvalue weighted by Crippen LogP contribution is 2.14. The Balaban J connectivity index is 1.46. The Bertz CT molecular complexity index is 895. The third-order valence-electron chi connectivity index (χ3n) is 5.16. The summed E-state index contributed by atoms with van der Waals surface area (Å²) in [5, 5.41) is 6.53. The molecule has 1 aliphatic rings. The SMILES string of the molecule is Cc1ccc(CNC(=O)CO/N=C(/N)c2cccc(CN3CCCCC3)c2)cc1F. The number of nitrogens with zero attached hydrogens (tertiary/aromatic N) is 2. The minimum atomic E-state index is -0.355. The molecule has 2 aromatic rings. The summed E-state index contributed by atoms with van der Waals surface area (Å²) in [6, 6.07) is 12.8. The summed E-state index contributed by atoms with van der Waals surface area (Å²) in [6.07, 6.45) is 3.80. The molecule has 0 aliphatic carbocycles. The van der Waals surface area contributed by atoms with Crippen LogP contribution in [0.3, 0.4) is 0 Å². The zero-order chi connectivity index (χ0) is 21.3. The van der Waals surface area contributed by atoms with Crippen LogP contribution in [0, 0.1) is 12.7 Å². The molecule has 2 aromatic carbocycles. The van der Waals surface area contributed by atoms with Crippen LogP contribution in [-0.2, 0) is 22.7 Å². The number of aryl methyl sites for hydroxylation is 1. The number of amidine groups is 1. The van der Waals surface area contributed by atoms with Crippen molar-refractivity contribution in [3.63, 3.8) is 0 Å². The van der Waals surface area contributed by atoms with Crippen LogP contribution in [0.4, 0.5) is 4.39 Å². The second kappa shape index (κ2) is 10.7. The van der Waals surface area contributed by atoms with Crippen LogP contribution in [0.1, 0.15) is 41.5 Å². The van der Waals surface area contributed by atoms with Crippen LogP contribution >= 0.6 is 0 Å². The molecule has 30 heavy (non-hydrogen) atoms. The number of halogens is 1. The van der Waals surface area contributed by atoms with Crippen LogP contribution in [0.5, 0.6) is 0 Å². The molecule has 0 saturated carbocycles. The highest BCUT2D eigenvalue weighted by molar-refractivity contribution is 5.97. The number of hydrogen-bond donors (Lipinski definition) is 2. The first-order valence-electron chi connectivity index (χ1n) is 10.3. The minimum absolute atomic E-state index is 0.219. The molecule has 3 N–H and O–H groups in total. The first kappa shape index (κ1) is 21.8. The van der Waals surface area contributed by atoms with Crippen molar-refractivity contribution in [3.8, 4) is 0 Å². The molecule has 1 aliphatic heterocycles. The predicted molar refractivity (Wildman–Crippen MR) is 115 cm³/mol. The molecule has 0 radical (unpaired) electrons. The first-order valence-corrected chi connectivity index (χ1v) is 10.3. The van der Waals surface area contributed by atoms with Crippen molar-refractivity contribution < 1.29 is 14.0 Å². The van der Waals surface area contributed by atoms with Crippen LogP contribution in [-0.4, -0.2) is 36.3 Å². The number of carbonyl (C=O) groups excluding carboxylic acids is 1. The first-order chi connectivity index (χ1) is 14.5. The molecule has 6 nitrogen and oxygen atoms in total. The van der Waals surface area contributed by atoms with Gasteiger partial charge in [0.05, 0.1) is 0 Å². The molecule has 1 amide bonds. The summed E-state index contributed by atoms with van der Waals surface area (Å²) in [6.45, 7) is 4.80. The lowest BCUT2D eigenvalue weighted by molar-refractivity contribution is -0.125.